The molecule has 0 saturated heterocycles. The van der Waals surface area contributed by atoms with E-state index < -0.39 is 5.60 Å². The van der Waals surface area contributed by atoms with Crippen LogP contribution in [0.1, 0.15) is 63.9 Å². The lowest BCUT2D eigenvalue weighted by molar-refractivity contribution is -0.0711. The maximum absolute atomic E-state index is 11.2. The summed E-state index contributed by atoms with van der Waals surface area (Å²) < 4.78 is 16.3. The number of rotatable bonds is 19. The van der Waals surface area contributed by atoms with E-state index in [0.29, 0.717) is 39.5 Å². The molecule has 0 aromatic heterocycles. The van der Waals surface area contributed by atoms with Crippen LogP contribution in [0, 0.1) is 0 Å². The maximum Gasteiger partial charge on any atom is 0.113 e. The predicted octanol–water partition coefficient (Wildman–Crippen LogP) is 4.06. The molecule has 0 spiro atoms. The van der Waals surface area contributed by atoms with E-state index in [1.165, 1.54) is 32.1 Å². The molecule has 1 aromatic carbocycles. The van der Waals surface area contributed by atoms with Gasteiger partial charge in [0.2, 0.25) is 0 Å². The highest BCUT2D eigenvalue weighted by Gasteiger charge is 2.28. The van der Waals surface area contributed by atoms with Crippen LogP contribution in [0.5, 0.6) is 0 Å². The van der Waals surface area contributed by atoms with Gasteiger partial charge in [0.25, 0.3) is 0 Å². The predicted molar refractivity (Wildman–Crippen MR) is 112 cm³/mol. The summed E-state index contributed by atoms with van der Waals surface area (Å²) in [7, 11) is 0. The number of unbranched alkanes of at least 4 members (excludes halogenated alkanes) is 6. The minimum Gasteiger partial charge on any atom is -0.394 e. The van der Waals surface area contributed by atoms with E-state index in [-0.39, 0.29) is 13.2 Å². The Balaban J connectivity index is 2.29. The summed E-state index contributed by atoms with van der Waals surface area (Å²) in [4.78, 5) is 0. The lowest BCUT2D eigenvalue weighted by Gasteiger charge is -2.29. The van der Waals surface area contributed by atoms with Gasteiger partial charge in [0.05, 0.1) is 46.2 Å². The summed E-state index contributed by atoms with van der Waals surface area (Å²) >= 11 is 0. The Bertz CT molecular complexity index is 454. The standard InChI is InChI=1S/C23H40O5/c1-2-3-4-5-6-7-11-14-23(25,22-12-9-8-10-13-22)21-28-20-19-27-18-17-26-16-15-24/h8-10,12-13,24-25H,2-7,11,14-21H2,1H3. The second-order valence-electron chi connectivity index (χ2n) is 7.27. The highest BCUT2D eigenvalue weighted by molar-refractivity contribution is 5.22. The average molecular weight is 397 g/mol. The van der Waals surface area contributed by atoms with Crippen LogP contribution in [-0.2, 0) is 19.8 Å². The lowest BCUT2D eigenvalue weighted by Crippen LogP contribution is -2.32. The second-order valence-corrected chi connectivity index (χ2v) is 7.27. The van der Waals surface area contributed by atoms with Crippen molar-refractivity contribution in [2.45, 2.75) is 63.9 Å². The second kappa shape index (κ2) is 16.9. The van der Waals surface area contributed by atoms with E-state index in [2.05, 4.69) is 6.92 Å². The van der Waals surface area contributed by atoms with Crippen molar-refractivity contribution < 1.29 is 24.4 Å². The zero-order valence-electron chi connectivity index (χ0n) is 17.6. The number of aliphatic hydroxyl groups excluding tert-OH is 1. The molecule has 1 unspecified atom stereocenters. The minimum absolute atomic E-state index is 0.0277. The SMILES string of the molecule is CCCCCCCCCC(O)(COCCOCCOCCO)c1ccccc1. The van der Waals surface area contributed by atoms with E-state index in [4.69, 9.17) is 19.3 Å². The molecular formula is C23H40O5. The highest BCUT2D eigenvalue weighted by Crippen LogP contribution is 2.28. The van der Waals surface area contributed by atoms with E-state index in [1.54, 1.807) is 0 Å². The number of hydrogen-bond acceptors (Lipinski definition) is 5. The van der Waals surface area contributed by atoms with Crippen LogP contribution in [0.3, 0.4) is 0 Å². The monoisotopic (exact) mass is 396 g/mol. The number of ether oxygens (including phenoxy) is 3. The number of benzene rings is 1. The van der Waals surface area contributed by atoms with Crippen molar-refractivity contribution in [1.82, 2.24) is 0 Å². The molecule has 5 nitrogen and oxygen atoms in total. The van der Waals surface area contributed by atoms with Crippen molar-refractivity contribution in [3.8, 4) is 0 Å². The van der Waals surface area contributed by atoms with Gasteiger partial charge in [-0.2, -0.15) is 0 Å². The summed E-state index contributed by atoms with van der Waals surface area (Å²) in [6.07, 6.45) is 9.27. The fourth-order valence-electron chi connectivity index (χ4n) is 3.17. The fourth-order valence-corrected chi connectivity index (χ4v) is 3.17. The Hall–Kier alpha value is -0.980. The molecule has 0 saturated carbocycles. The average Bonchev–Trinajstić information content (AvgIpc) is 2.72. The van der Waals surface area contributed by atoms with Gasteiger partial charge in [-0.3, -0.25) is 0 Å². The van der Waals surface area contributed by atoms with Gasteiger partial charge >= 0.3 is 0 Å². The molecule has 5 heteroatoms. The summed E-state index contributed by atoms with van der Waals surface area (Å²) in [5.74, 6) is 0. The van der Waals surface area contributed by atoms with Crippen molar-refractivity contribution in [3.63, 3.8) is 0 Å². The first-order chi connectivity index (χ1) is 13.7. The molecule has 0 amide bonds. The topological polar surface area (TPSA) is 68.2 Å². The van der Waals surface area contributed by atoms with Crippen molar-refractivity contribution in [2.24, 2.45) is 0 Å². The molecular weight excluding hydrogens is 356 g/mol. The molecule has 28 heavy (non-hydrogen) atoms. The molecule has 0 aliphatic carbocycles. The largest absolute Gasteiger partial charge is 0.394 e. The molecule has 1 atom stereocenters. The zero-order chi connectivity index (χ0) is 20.3. The normalized spacial score (nSPS) is 13.5. The summed E-state index contributed by atoms with van der Waals surface area (Å²) in [6.45, 7) is 4.71. The molecule has 0 heterocycles. The summed E-state index contributed by atoms with van der Waals surface area (Å²) in [5.41, 5.74) is -0.0335. The Kier molecular flexibility index (Phi) is 15.1. The lowest BCUT2D eigenvalue weighted by atomic mass is 9.89. The first-order valence-electron chi connectivity index (χ1n) is 10.8. The van der Waals surface area contributed by atoms with Gasteiger partial charge < -0.3 is 24.4 Å². The van der Waals surface area contributed by atoms with Crippen molar-refractivity contribution in [3.05, 3.63) is 35.9 Å². The van der Waals surface area contributed by atoms with Gasteiger partial charge in [-0.1, -0.05) is 82.2 Å². The summed E-state index contributed by atoms with van der Waals surface area (Å²) in [5, 5.41) is 19.8. The van der Waals surface area contributed by atoms with E-state index >= 15 is 0 Å². The molecule has 0 fully saturated rings. The molecule has 162 valence electrons. The van der Waals surface area contributed by atoms with Crippen LogP contribution in [0.15, 0.2) is 30.3 Å². The quantitative estimate of drug-likeness (QED) is 0.345. The third-order valence-corrected chi connectivity index (χ3v) is 4.83. The third kappa shape index (κ3) is 11.8. The van der Waals surface area contributed by atoms with Crippen LogP contribution in [0.4, 0.5) is 0 Å². The van der Waals surface area contributed by atoms with E-state index in [0.717, 1.165) is 18.4 Å². The fraction of sp³-hybridized carbons (Fsp3) is 0.739. The van der Waals surface area contributed by atoms with Gasteiger partial charge in [0.15, 0.2) is 0 Å². The van der Waals surface area contributed by atoms with Crippen LogP contribution in [0.25, 0.3) is 0 Å². The molecule has 0 radical (unpaired) electrons. The van der Waals surface area contributed by atoms with Crippen LogP contribution < -0.4 is 0 Å². The molecule has 0 bridgehead atoms. The smallest absolute Gasteiger partial charge is 0.113 e. The Morgan fingerprint density at radius 2 is 1.32 bits per heavy atom. The third-order valence-electron chi connectivity index (χ3n) is 4.83. The van der Waals surface area contributed by atoms with Gasteiger partial charge in [-0.15, -0.1) is 0 Å². The van der Waals surface area contributed by atoms with Crippen LogP contribution in [-0.4, -0.2) is 56.5 Å². The summed E-state index contributed by atoms with van der Waals surface area (Å²) in [6, 6.07) is 9.82. The Labute approximate surface area is 171 Å². The molecule has 1 aromatic rings. The first-order valence-corrected chi connectivity index (χ1v) is 10.8. The molecule has 0 aliphatic rings. The molecule has 0 aliphatic heterocycles. The van der Waals surface area contributed by atoms with E-state index in [1.807, 2.05) is 30.3 Å². The van der Waals surface area contributed by atoms with Crippen molar-refractivity contribution in [2.75, 3.05) is 46.2 Å². The van der Waals surface area contributed by atoms with Gasteiger partial charge in [-0.25, -0.2) is 0 Å². The van der Waals surface area contributed by atoms with Crippen molar-refractivity contribution >= 4 is 0 Å². The van der Waals surface area contributed by atoms with Crippen LogP contribution >= 0.6 is 0 Å². The first kappa shape index (κ1) is 25.1. The van der Waals surface area contributed by atoms with E-state index in [9.17, 15) is 5.11 Å². The Morgan fingerprint density at radius 3 is 1.96 bits per heavy atom. The zero-order valence-corrected chi connectivity index (χ0v) is 17.6. The number of aliphatic hydroxyl groups is 2. The van der Waals surface area contributed by atoms with Crippen molar-refractivity contribution in [1.29, 1.82) is 0 Å². The van der Waals surface area contributed by atoms with Crippen LogP contribution in [0.2, 0.25) is 0 Å². The Morgan fingerprint density at radius 1 is 0.750 bits per heavy atom. The van der Waals surface area contributed by atoms with Gasteiger partial charge in [0.1, 0.15) is 5.60 Å². The molecule has 2 N–H and O–H groups in total. The highest BCUT2D eigenvalue weighted by atomic mass is 16.5. The van der Waals surface area contributed by atoms with Gasteiger partial charge in [0, 0.05) is 0 Å². The van der Waals surface area contributed by atoms with Gasteiger partial charge in [-0.05, 0) is 12.0 Å². The molecule has 1 rings (SSSR count). The number of hydrogen-bond donors (Lipinski definition) is 2. The maximum atomic E-state index is 11.2. The minimum atomic E-state index is -0.949.